The Morgan fingerprint density at radius 1 is 0.694 bits per heavy atom. The van der Waals surface area contributed by atoms with E-state index in [-0.39, 0.29) is 19.6 Å². The highest BCUT2D eigenvalue weighted by atomic mass is 32.3. The highest BCUT2D eigenvalue weighted by Gasteiger charge is 2.48. The van der Waals surface area contributed by atoms with Crippen molar-refractivity contribution >= 4 is 16.4 Å². The standard InChI is InChI=1S/C36H70O12S/c1-3-5-6-7-8-9-10-11-12-13-14-15-16-17-18-19-20-21-22-23-24-25-26-44-28-30(46-32(38)4-2)29-45-36-34(40)35(48-49(41,42)43)33(39)31(27-37)47-36/h30-31,33-37,39-40H,3-29H2,1-2H3,(H,41,42,43). The monoisotopic (exact) mass is 726 g/mol. The SMILES string of the molecule is CCCCCCCCCCCCCCCCCCCCCCCCOCC(COC1OC(CO)C(O)C(OS(=O)(=O)O)C1O)OC(=O)CC. The molecule has 0 aromatic carbocycles. The molecule has 1 aliphatic rings. The van der Waals surface area contributed by atoms with Crippen LogP contribution in [0.3, 0.4) is 0 Å². The van der Waals surface area contributed by atoms with Crippen LogP contribution in [0, 0.1) is 0 Å². The molecule has 1 saturated heterocycles. The van der Waals surface area contributed by atoms with Crippen molar-refractivity contribution in [1.82, 2.24) is 0 Å². The maximum atomic E-state index is 11.9. The van der Waals surface area contributed by atoms with Crippen LogP contribution in [0.5, 0.6) is 0 Å². The second-order valence-corrected chi connectivity index (χ2v) is 14.5. The molecule has 13 heteroatoms. The van der Waals surface area contributed by atoms with Crippen LogP contribution in [0.15, 0.2) is 0 Å². The van der Waals surface area contributed by atoms with Crippen LogP contribution in [0.1, 0.15) is 162 Å². The number of carbonyl (C=O) groups is 1. The van der Waals surface area contributed by atoms with Crippen molar-refractivity contribution in [2.24, 2.45) is 0 Å². The van der Waals surface area contributed by atoms with E-state index in [4.69, 9.17) is 23.5 Å². The summed E-state index contributed by atoms with van der Waals surface area (Å²) >= 11 is 0. The Hall–Kier alpha value is -0.900. The minimum atomic E-state index is -5.04. The molecule has 0 spiro atoms. The number of carbonyl (C=O) groups excluding carboxylic acids is 1. The van der Waals surface area contributed by atoms with Crippen LogP contribution in [0.4, 0.5) is 0 Å². The highest BCUT2D eigenvalue weighted by molar-refractivity contribution is 7.80. The molecule has 292 valence electrons. The summed E-state index contributed by atoms with van der Waals surface area (Å²) in [6.45, 7) is 3.40. The lowest BCUT2D eigenvalue weighted by Crippen LogP contribution is -2.60. The molecule has 1 aliphatic heterocycles. The van der Waals surface area contributed by atoms with Gasteiger partial charge < -0.3 is 34.3 Å². The van der Waals surface area contributed by atoms with Crippen molar-refractivity contribution < 1.29 is 56.2 Å². The average molecular weight is 727 g/mol. The van der Waals surface area contributed by atoms with Gasteiger partial charge in [0.1, 0.15) is 30.5 Å². The Kier molecular flexibility index (Phi) is 27.9. The molecule has 0 aliphatic carbocycles. The minimum absolute atomic E-state index is 0.0326. The normalized spacial score (nSPS) is 22.0. The fourth-order valence-electron chi connectivity index (χ4n) is 6.06. The van der Waals surface area contributed by atoms with E-state index >= 15 is 0 Å². The highest BCUT2D eigenvalue weighted by Crippen LogP contribution is 2.26. The first kappa shape index (κ1) is 46.1. The summed E-state index contributed by atoms with van der Waals surface area (Å²) in [5, 5.41) is 30.1. The van der Waals surface area contributed by atoms with Gasteiger partial charge in [-0.05, 0) is 6.42 Å². The molecule has 1 fully saturated rings. The van der Waals surface area contributed by atoms with E-state index in [1.807, 2.05) is 0 Å². The molecule has 1 heterocycles. The van der Waals surface area contributed by atoms with Crippen molar-refractivity contribution in [2.75, 3.05) is 26.4 Å². The van der Waals surface area contributed by atoms with Crippen LogP contribution < -0.4 is 0 Å². The zero-order chi connectivity index (χ0) is 36.2. The summed E-state index contributed by atoms with van der Waals surface area (Å²) < 4.78 is 57.7. The Morgan fingerprint density at radius 2 is 1.14 bits per heavy atom. The average Bonchev–Trinajstić information content (AvgIpc) is 3.07. The van der Waals surface area contributed by atoms with Gasteiger partial charge in [-0.1, -0.05) is 149 Å². The van der Waals surface area contributed by atoms with Crippen LogP contribution in [-0.4, -0.2) is 97.5 Å². The van der Waals surface area contributed by atoms with Crippen LogP contribution in [0.2, 0.25) is 0 Å². The lowest BCUT2D eigenvalue weighted by Gasteiger charge is -2.41. The Bertz CT molecular complexity index is 889. The number of esters is 1. The van der Waals surface area contributed by atoms with E-state index in [9.17, 15) is 28.5 Å². The zero-order valence-corrected chi connectivity index (χ0v) is 31.3. The number of hydrogen-bond donors (Lipinski definition) is 4. The van der Waals surface area contributed by atoms with Crippen LogP contribution >= 0.6 is 0 Å². The topological polar surface area (TPSA) is 178 Å². The summed E-state index contributed by atoms with van der Waals surface area (Å²) in [5.74, 6) is -0.483. The lowest BCUT2D eigenvalue weighted by atomic mass is 9.99. The van der Waals surface area contributed by atoms with Gasteiger partial charge in [0.2, 0.25) is 0 Å². The number of ether oxygens (including phenoxy) is 4. The summed E-state index contributed by atoms with van der Waals surface area (Å²) in [6, 6.07) is 0. The predicted molar refractivity (Wildman–Crippen MR) is 188 cm³/mol. The van der Waals surface area contributed by atoms with Gasteiger partial charge in [-0.3, -0.25) is 9.35 Å². The molecule has 0 aromatic heterocycles. The number of aliphatic hydroxyl groups excluding tert-OH is 3. The van der Waals surface area contributed by atoms with Crippen molar-refractivity contribution in [3.05, 3.63) is 0 Å². The molecule has 0 radical (unpaired) electrons. The molecule has 12 nitrogen and oxygen atoms in total. The number of hydrogen-bond acceptors (Lipinski definition) is 11. The predicted octanol–water partition coefficient (Wildman–Crippen LogP) is 6.57. The molecule has 6 unspecified atom stereocenters. The van der Waals surface area contributed by atoms with Gasteiger partial charge in [-0.15, -0.1) is 0 Å². The van der Waals surface area contributed by atoms with Crippen molar-refractivity contribution in [3.8, 4) is 0 Å². The summed E-state index contributed by atoms with van der Waals surface area (Å²) in [6.07, 6.45) is 20.0. The summed E-state index contributed by atoms with van der Waals surface area (Å²) in [5.41, 5.74) is 0. The fraction of sp³-hybridized carbons (Fsp3) is 0.972. The van der Waals surface area contributed by atoms with Gasteiger partial charge >= 0.3 is 16.4 Å². The van der Waals surface area contributed by atoms with E-state index in [0.29, 0.717) is 6.61 Å². The first-order valence-corrected chi connectivity index (χ1v) is 20.7. The lowest BCUT2D eigenvalue weighted by molar-refractivity contribution is -0.301. The third kappa shape index (κ3) is 24.1. The van der Waals surface area contributed by atoms with E-state index in [2.05, 4.69) is 11.1 Å². The number of rotatable bonds is 33. The second-order valence-electron chi connectivity index (χ2n) is 13.5. The zero-order valence-electron chi connectivity index (χ0n) is 30.5. The van der Waals surface area contributed by atoms with Crippen molar-refractivity contribution in [1.29, 1.82) is 0 Å². The molecule has 0 amide bonds. The fourth-order valence-corrected chi connectivity index (χ4v) is 6.57. The van der Waals surface area contributed by atoms with E-state index in [0.717, 1.165) is 19.3 Å². The largest absolute Gasteiger partial charge is 0.457 e. The van der Waals surface area contributed by atoms with Gasteiger partial charge in [-0.2, -0.15) is 8.42 Å². The molecular formula is C36H70O12S. The van der Waals surface area contributed by atoms with Gasteiger partial charge in [0.25, 0.3) is 0 Å². The smallest absolute Gasteiger partial charge is 0.397 e. The minimum Gasteiger partial charge on any atom is -0.457 e. The summed E-state index contributed by atoms with van der Waals surface area (Å²) in [4.78, 5) is 11.9. The van der Waals surface area contributed by atoms with Gasteiger partial charge in [-0.25, -0.2) is 4.18 Å². The van der Waals surface area contributed by atoms with Crippen LogP contribution in [0.25, 0.3) is 0 Å². The third-order valence-electron chi connectivity index (χ3n) is 9.03. The Balaban J connectivity index is 2.09. The third-order valence-corrected chi connectivity index (χ3v) is 9.50. The molecule has 1 rings (SSSR count). The van der Waals surface area contributed by atoms with Gasteiger partial charge in [0.15, 0.2) is 6.29 Å². The van der Waals surface area contributed by atoms with Crippen molar-refractivity contribution in [3.63, 3.8) is 0 Å². The summed E-state index contributed by atoms with van der Waals surface area (Å²) in [7, 11) is -5.04. The van der Waals surface area contributed by atoms with E-state index in [1.54, 1.807) is 6.92 Å². The Labute approximate surface area is 296 Å². The molecule has 0 bridgehead atoms. The molecule has 4 N–H and O–H groups in total. The second kappa shape index (κ2) is 29.7. The van der Waals surface area contributed by atoms with Crippen LogP contribution in [-0.2, 0) is 38.3 Å². The quantitative estimate of drug-likeness (QED) is 0.0325. The molecule has 49 heavy (non-hydrogen) atoms. The first-order chi connectivity index (χ1) is 23.6. The van der Waals surface area contributed by atoms with Gasteiger partial charge in [0, 0.05) is 13.0 Å². The van der Waals surface area contributed by atoms with E-state index in [1.165, 1.54) is 122 Å². The maximum absolute atomic E-state index is 11.9. The molecule has 0 aromatic rings. The maximum Gasteiger partial charge on any atom is 0.397 e. The van der Waals surface area contributed by atoms with Gasteiger partial charge in [0.05, 0.1) is 19.8 Å². The van der Waals surface area contributed by atoms with Crippen molar-refractivity contribution in [2.45, 2.75) is 198 Å². The van der Waals surface area contributed by atoms with E-state index < -0.39 is 59.8 Å². The molecule has 0 saturated carbocycles. The first-order valence-electron chi connectivity index (χ1n) is 19.3. The molecule has 6 atom stereocenters. The number of aliphatic hydroxyl groups is 3. The number of unbranched alkanes of at least 4 members (excludes halogenated alkanes) is 21. The Morgan fingerprint density at radius 3 is 1.55 bits per heavy atom. The molecular weight excluding hydrogens is 656 g/mol.